The highest BCUT2D eigenvalue weighted by Gasteiger charge is 2.24. The third-order valence-corrected chi connectivity index (χ3v) is 7.04. The second-order valence-electron chi connectivity index (χ2n) is 9.47. The average molecular weight is 485 g/mol. The van der Waals surface area contributed by atoms with Gasteiger partial charge in [-0.3, -0.25) is 4.79 Å². The number of nitrogens with one attached hydrogen (secondary N) is 2. The molecule has 7 heteroatoms. The van der Waals surface area contributed by atoms with Crippen LogP contribution in [0.25, 0.3) is 10.9 Å². The molecule has 2 heterocycles. The van der Waals surface area contributed by atoms with Crippen molar-refractivity contribution in [1.29, 1.82) is 0 Å². The molecule has 0 fully saturated rings. The molecule has 1 aliphatic rings. The molecule has 0 aliphatic heterocycles. The number of ether oxygens (including phenoxy) is 1. The van der Waals surface area contributed by atoms with Crippen molar-refractivity contribution in [3.8, 4) is 11.8 Å². The zero-order valence-corrected chi connectivity index (χ0v) is 21.0. The number of H-pyrrole nitrogens is 1. The first-order valence-electron chi connectivity index (χ1n) is 12.6. The second kappa shape index (κ2) is 10.2. The first kappa shape index (κ1) is 24.2. The van der Waals surface area contributed by atoms with Crippen molar-refractivity contribution in [2.75, 3.05) is 6.54 Å². The van der Waals surface area contributed by atoms with E-state index in [1.54, 1.807) is 24.4 Å². The van der Waals surface area contributed by atoms with E-state index < -0.39 is 6.10 Å². The fourth-order valence-corrected chi connectivity index (χ4v) is 5.16. The highest BCUT2D eigenvalue weighted by molar-refractivity contribution is 5.88. The predicted molar refractivity (Wildman–Crippen MR) is 141 cm³/mol. The third kappa shape index (κ3) is 4.90. The summed E-state index contributed by atoms with van der Waals surface area (Å²) in [5, 5.41) is 15.4. The van der Waals surface area contributed by atoms with Crippen molar-refractivity contribution in [2.24, 2.45) is 0 Å². The number of fused-ring (bicyclic) bond motifs is 2. The molecule has 4 aromatic rings. The van der Waals surface area contributed by atoms with E-state index in [4.69, 9.17) is 4.74 Å². The van der Waals surface area contributed by atoms with E-state index in [0.29, 0.717) is 23.9 Å². The van der Waals surface area contributed by atoms with Crippen molar-refractivity contribution >= 4 is 10.9 Å². The van der Waals surface area contributed by atoms with E-state index in [0.717, 1.165) is 42.3 Å². The summed E-state index contributed by atoms with van der Waals surface area (Å²) in [4.78, 5) is 23.4. The third-order valence-electron chi connectivity index (χ3n) is 7.04. The minimum Gasteiger partial charge on any atom is -0.422 e. The number of hydrogen-bond acceptors (Lipinski definition) is 6. The molecule has 36 heavy (non-hydrogen) atoms. The Labute approximate surface area is 210 Å². The lowest BCUT2D eigenvalue weighted by Gasteiger charge is -2.19. The summed E-state index contributed by atoms with van der Waals surface area (Å²) < 4.78 is 5.89. The monoisotopic (exact) mass is 484 g/mol. The number of pyridine rings is 1. The molecule has 2 aromatic heterocycles. The van der Waals surface area contributed by atoms with Crippen LogP contribution in [0.15, 0.2) is 53.5 Å². The van der Waals surface area contributed by atoms with Crippen LogP contribution in [0.1, 0.15) is 53.5 Å². The zero-order valence-electron chi connectivity index (χ0n) is 21.0. The summed E-state index contributed by atoms with van der Waals surface area (Å²) in [6, 6.07) is 13.8. The van der Waals surface area contributed by atoms with E-state index in [-0.39, 0.29) is 11.6 Å². The normalized spacial score (nSPS) is 14.2. The van der Waals surface area contributed by atoms with Crippen LogP contribution >= 0.6 is 0 Å². The summed E-state index contributed by atoms with van der Waals surface area (Å²) in [7, 11) is 0. The van der Waals surface area contributed by atoms with E-state index >= 15 is 0 Å². The van der Waals surface area contributed by atoms with Crippen LogP contribution in [0.4, 0.5) is 0 Å². The number of nitrogens with zero attached hydrogens (tertiary/aromatic N) is 2. The maximum atomic E-state index is 12.1. The van der Waals surface area contributed by atoms with Crippen molar-refractivity contribution in [1.82, 2.24) is 20.3 Å². The molecular formula is C29H32N4O3. The van der Waals surface area contributed by atoms with Gasteiger partial charge >= 0.3 is 6.01 Å². The molecule has 0 saturated heterocycles. The molecule has 0 saturated carbocycles. The lowest BCUT2D eigenvalue weighted by atomic mass is 9.97. The van der Waals surface area contributed by atoms with Crippen molar-refractivity contribution in [3.05, 3.63) is 92.5 Å². The van der Waals surface area contributed by atoms with Gasteiger partial charge in [0.1, 0.15) is 0 Å². The molecule has 0 radical (unpaired) electrons. The maximum Gasteiger partial charge on any atom is 0.322 e. The molecule has 0 amide bonds. The molecule has 2 aromatic carbocycles. The first-order chi connectivity index (χ1) is 17.4. The molecule has 0 spiro atoms. The minimum atomic E-state index is -0.746. The molecule has 1 aliphatic carbocycles. The summed E-state index contributed by atoms with van der Waals surface area (Å²) in [6.45, 7) is 6.69. The predicted octanol–water partition coefficient (Wildman–Crippen LogP) is 4.33. The fraction of sp³-hybridized carbons (Fsp3) is 0.345. The SMILES string of the molecule is CCc1cc2c(cc1CC)CC(NC[C@@H](O)c1ccc(Oc3nccc(C)n3)c3[nH]c(=O)ccc13)C2. The molecule has 3 N–H and O–H groups in total. The number of aliphatic hydroxyl groups is 1. The van der Waals surface area contributed by atoms with Crippen LogP contribution in [0.5, 0.6) is 11.8 Å². The summed E-state index contributed by atoms with van der Waals surface area (Å²) in [5.41, 5.74) is 7.48. The van der Waals surface area contributed by atoms with E-state index in [1.165, 1.54) is 28.3 Å². The molecule has 0 unspecified atom stereocenters. The van der Waals surface area contributed by atoms with Gasteiger partial charge in [0.25, 0.3) is 0 Å². The van der Waals surface area contributed by atoms with Gasteiger partial charge in [0.05, 0.1) is 11.6 Å². The number of rotatable bonds is 8. The highest BCUT2D eigenvalue weighted by atomic mass is 16.5. The van der Waals surface area contributed by atoms with Gasteiger partial charge in [-0.05, 0) is 78.6 Å². The largest absolute Gasteiger partial charge is 0.422 e. The summed E-state index contributed by atoms with van der Waals surface area (Å²) >= 11 is 0. The average Bonchev–Trinajstić information content (AvgIpc) is 3.28. The molecular weight excluding hydrogens is 452 g/mol. The lowest BCUT2D eigenvalue weighted by Crippen LogP contribution is -2.33. The molecule has 1 atom stereocenters. The van der Waals surface area contributed by atoms with Gasteiger partial charge in [-0.1, -0.05) is 32.0 Å². The Morgan fingerprint density at radius 1 is 1.08 bits per heavy atom. The Hall–Kier alpha value is -3.55. The fourth-order valence-electron chi connectivity index (χ4n) is 5.16. The quantitative estimate of drug-likeness (QED) is 0.344. The number of benzene rings is 2. The number of hydrogen-bond donors (Lipinski definition) is 3. The minimum absolute atomic E-state index is 0.203. The van der Waals surface area contributed by atoms with Crippen molar-refractivity contribution in [2.45, 2.75) is 58.6 Å². The van der Waals surface area contributed by atoms with Crippen LogP contribution < -0.4 is 15.6 Å². The number of aromatic nitrogens is 3. The molecule has 5 rings (SSSR count). The summed E-state index contributed by atoms with van der Waals surface area (Å²) in [6.07, 6.45) is 4.92. The molecule has 186 valence electrons. The lowest BCUT2D eigenvalue weighted by molar-refractivity contribution is 0.171. The summed E-state index contributed by atoms with van der Waals surface area (Å²) in [5.74, 6) is 0.432. The number of aliphatic hydroxyl groups excluding tert-OH is 1. The van der Waals surface area contributed by atoms with Crippen LogP contribution in [0.3, 0.4) is 0 Å². The Balaban J connectivity index is 1.34. The van der Waals surface area contributed by atoms with E-state index in [9.17, 15) is 9.90 Å². The standard InChI is InChI=1S/C29H32N4O3/c1-4-18-12-20-14-22(15-21(20)13-19(18)5-2)31-16-25(34)23-6-8-26(28-24(23)7-9-27(35)33-28)36-29-30-11-10-17(3)32-29/h6-13,22,25,31,34H,4-5,14-16H2,1-3H3,(H,33,35)/t25-/m1/s1. The van der Waals surface area contributed by atoms with Gasteiger partial charge in [-0.2, -0.15) is 0 Å². The van der Waals surface area contributed by atoms with Crippen molar-refractivity contribution < 1.29 is 9.84 Å². The van der Waals surface area contributed by atoms with E-state index in [1.807, 2.05) is 13.0 Å². The Bertz CT molecular complexity index is 1430. The van der Waals surface area contributed by atoms with Gasteiger partial charge in [-0.15, -0.1) is 0 Å². The molecule has 7 nitrogen and oxygen atoms in total. The molecule has 0 bridgehead atoms. The van der Waals surface area contributed by atoms with Crippen LogP contribution in [0.2, 0.25) is 0 Å². The Morgan fingerprint density at radius 2 is 1.81 bits per heavy atom. The van der Waals surface area contributed by atoms with Gasteiger partial charge in [-0.25, -0.2) is 9.97 Å². The van der Waals surface area contributed by atoms with Crippen LogP contribution in [0, 0.1) is 6.92 Å². The smallest absolute Gasteiger partial charge is 0.322 e. The Morgan fingerprint density at radius 3 is 2.47 bits per heavy atom. The van der Waals surface area contributed by atoms with Gasteiger partial charge in [0.15, 0.2) is 5.75 Å². The zero-order chi connectivity index (χ0) is 25.2. The first-order valence-corrected chi connectivity index (χ1v) is 12.6. The Kier molecular flexibility index (Phi) is 6.85. The second-order valence-corrected chi connectivity index (χ2v) is 9.47. The number of aryl methyl sites for hydroxylation is 3. The van der Waals surface area contributed by atoms with Gasteiger partial charge in [0.2, 0.25) is 5.56 Å². The van der Waals surface area contributed by atoms with Crippen LogP contribution in [-0.2, 0) is 25.7 Å². The van der Waals surface area contributed by atoms with Crippen molar-refractivity contribution in [3.63, 3.8) is 0 Å². The number of aromatic amines is 1. The van der Waals surface area contributed by atoms with Gasteiger partial charge in [0, 0.05) is 35.9 Å². The highest BCUT2D eigenvalue weighted by Crippen LogP contribution is 2.32. The van der Waals surface area contributed by atoms with E-state index in [2.05, 4.69) is 46.2 Å². The topological polar surface area (TPSA) is 100 Å². The van der Waals surface area contributed by atoms with Gasteiger partial charge < -0.3 is 20.1 Å². The van der Waals surface area contributed by atoms with Crippen LogP contribution in [-0.4, -0.2) is 32.6 Å². The maximum absolute atomic E-state index is 12.1.